The van der Waals surface area contributed by atoms with E-state index in [-0.39, 0.29) is 6.61 Å². The van der Waals surface area contributed by atoms with Crippen LogP contribution in [-0.4, -0.2) is 12.6 Å². The number of rotatable bonds is 3. The Kier molecular flexibility index (Phi) is 4.02. The molecule has 1 aromatic rings. The molecule has 0 spiro atoms. The van der Waals surface area contributed by atoms with Crippen LogP contribution in [-0.2, 0) is 0 Å². The van der Waals surface area contributed by atoms with Crippen LogP contribution in [0.4, 0.5) is 0 Å². The summed E-state index contributed by atoms with van der Waals surface area (Å²) >= 11 is 11.6. The molecule has 1 unspecified atom stereocenters. The molecular weight excluding hydrogens is 223 g/mol. The van der Waals surface area contributed by atoms with E-state index in [0.29, 0.717) is 15.8 Å². The van der Waals surface area contributed by atoms with Crippen LogP contribution < -0.4 is 10.5 Å². The Morgan fingerprint density at radius 3 is 2.50 bits per heavy atom. The third-order valence-corrected chi connectivity index (χ3v) is 2.09. The van der Waals surface area contributed by atoms with Crippen molar-refractivity contribution in [3.63, 3.8) is 0 Å². The number of para-hydroxylation sites is 1. The molecule has 3 nitrogen and oxygen atoms in total. The molecule has 0 saturated carbocycles. The maximum absolute atomic E-state index is 8.43. The largest absolute Gasteiger partial charge is 0.488 e. The van der Waals surface area contributed by atoms with Crippen LogP contribution >= 0.6 is 23.2 Å². The zero-order valence-electron chi connectivity index (χ0n) is 7.21. The summed E-state index contributed by atoms with van der Waals surface area (Å²) in [5, 5.41) is 9.24. The fourth-order valence-corrected chi connectivity index (χ4v) is 1.34. The van der Waals surface area contributed by atoms with E-state index >= 15 is 0 Å². The maximum Gasteiger partial charge on any atom is 0.156 e. The van der Waals surface area contributed by atoms with Gasteiger partial charge in [0.05, 0.1) is 16.1 Å². The van der Waals surface area contributed by atoms with Gasteiger partial charge in [-0.1, -0.05) is 29.3 Å². The summed E-state index contributed by atoms with van der Waals surface area (Å²) in [5.41, 5.74) is 5.35. The van der Waals surface area contributed by atoms with E-state index in [4.69, 9.17) is 38.9 Å². The van der Waals surface area contributed by atoms with Gasteiger partial charge in [-0.2, -0.15) is 5.26 Å². The van der Waals surface area contributed by atoms with Gasteiger partial charge in [-0.05, 0) is 12.1 Å². The Hall–Kier alpha value is -0.950. The lowest BCUT2D eigenvalue weighted by molar-refractivity contribution is 0.309. The Labute approximate surface area is 92.0 Å². The average Bonchev–Trinajstić information content (AvgIpc) is 2.16. The fraction of sp³-hybridized carbons (Fsp3) is 0.222. The minimum absolute atomic E-state index is 0.0694. The van der Waals surface area contributed by atoms with Crippen molar-refractivity contribution in [2.24, 2.45) is 5.73 Å². The summed E-state index contributed by atoms with van der Waals surface area (Å²) in [4.78, 5) is 0. The van der Waals surface area contributed by atoms with Crippen molar-refractivity contribution in [3.05, 3.63) is 28.2 Å². The predicted octanol–water partition coefficient (Wildman–Crippen LogP) is 2.22. The number of ether oxygens (including phenoxy) is 1. The standard InChI is InChI=1S/C9H8Cl2N2O/c10-7-2-1-3-8(11)9(7)14-5-6(13)4-12/h1-3,6H,5,13H2. The number of hydrogen-bond acceptors (Lipinski definition) is 3. The number of benzene rings is 1. The second-order valence-electron chi connectivity index (χ2n) is 2.60. The molecular formula is C9H8Cl2N2O. The van der Waals surface area contributed by atoms with E-state index in [9.17, 15) is 0 Å². The molecule has 0 amide bonds. The molecule has 0 heterocycles. The van der Waals surface area contributed by atoms with Crippen molar-refractivity contribution in [2.75, 3.05) is 6.61 Å². The van der Waals surface area contributed by atoms with Gasteiger partial charge in [0.25, 0.3) is 0 Å². The van der Waals surface area contributed by atoms with E-state index in [2.05, 4.69) is 0 Å². The number of nitrogens with zero attached hydrogens (tertiary/aromatic N) is 1. The first-order valence-electron chi connectivity index (χ1n) is 3.87. The van der Waals surface area contributed by atoms with E-state index in [1.165, 1.54) is 0 Å². The molecule has 0 aliphatic heterocycles. The van der Waals surface area contributed by atoms with Crippen LogP contribution in [0.1, 0.15) is 0 Å². The monoisotopic (exact) mass is 230 g/mol. The lowest BCUT2D eigenvalue weighted by atomic mass is 10.3. The first-order valence-corrected chi connectivity index (χ1v) is 4.62. The van der Waals surface area contributed by atoms with Gasteiger partial charge >= 0.3 is 0 Å². The maximum atomic E-state index is 8.43. The van der Waals surface area contributed by atoms with Crippen LogP contribution in [0.2, 0.25) is 10.0 Å². The number of halogens is 2. The van der Waals surface area contributed by atoms with Crippen LogP contribution in [0, 0.1) is 11.3 Å². The molecule has 5 heteroatoms. The van der Waals surface area contributed by atoms with Gasteiger partial charge in [-0.3, -0.25) is 0 Å². The van der Waals surface area contributed by atoms with Crippen molar-refractivity contribution >= 4 is 23.2 Å². The highest BCUT2D eigenvalue weighted by atomic mass is 35.5. The van der Waals surface area contributed by atoms with Gasteiger partial charge < -0.3 is 10.5 Å². The Morgan fingerprint density at radius 2 is 2.00 bits per heavy atom. The second-order valence-corrected chi connectivity index (χ2v) is 3.41. The van der Waals surface area contributed by atoms with E-state index in [1.54, 1.807) is 18.2 Å². The van der Waals surface area contributed by atoms with Crippen LogP contribution in [0.3, 0.4) is 0 Å². The fourth-order valence-electron chi connectivity index (χ4n) is 0.831. The Bertz CT molecular complexity index is 342. The summed E-state index contributed by atoms with van der Waals surface area (Å²) in [6, 6.07) is 6.18. The molecule has 0 saturated heterocycles. The topological polar surface area (TPSA) is 59.0 Å². The lowest BCUT2D eigenvalue weighted by Gasteiger charge is -2.10. The SMILES string of the molecule is N#CC(N)COc1c(Cl)cccc1Cl. The van der Waals surface area contributed by atoms with Crippen molar-refractivity contribution in [2.45, 2.75) is 6.04 Å². The quantitative estimate of drug-likeness (QED) is 0.867. The smallest absolute Gasteiger partial charge is 0.156 e. The van der Waals surface area contributed by atoms with E-state index < -0.39 is 6.04 Å². The molecule has 0 aliphatic carbocycles. The zero-order chi connectivity index (χ0) is 10.6. The molecule has 14 heavy (non-hydrogen) atoms. The first kappa shape index (κ1) is 11.1. The minimum atomic E-state index is -0.678. The molecule has 0 aliphatic rings. The van der Waals surface area contributed by atoms with E-state index in [0.717, 1.165) is 0 Å². The average molecular weight is 231 g/mol. The van der Waals surface area contributed by atoms with Crippen molar-refractivity contribution in [1.29, 1.82) is 5.26 Å². The number of nitriles is 1. The van der Waals surface area contributed by atoms with Crippen LogP contribution in [0.15, 0.2) is 18.2 Å². The highest BCUT2D eigenvalue weighted by Gasteiger charge is 2.08. The molecule has 2 N–H and O–H groups in total. The summed E-state index contributed by atoms with van der Waals surface area (Å²) in [5.74, 6) is 0.363. The summed E-state index contributed by atoms with van der Waals surface area (Å²) < 4.78 is 5.21. The zero-order valence-corrected chi connectivity index (χ0v) is 8.72. The minimum Gasteiger partial charge on any atom is -0.488 e. The first-order chi connectivity index (χ1) is 6.65. The number of nitrogens with two attached hydrogens (primary N) is 1. The van der Waals surface area contributed by atoms with Crippen molar-refractivity contribution in [3.8, 4) is 11.8 Å². The molecule has 1 rings (SSSR count). The lowest BCUT2D eigenvalue weighted by Crippen LogP contribution is -2.25. The van der Waals surface area contributed by atoms with Gasteiger partial charge in [-0.25, -0.2) is 0 Å². The summed E-state index contributed by atoms with van der Waals surface area (Å²) in [6.45, 7) is 0.0694. The van der Waals surface area contributed by atoms with Crippen molar-refractivity contribution < 1.29 is 4.74 Å². The van der Waals surface area contributed by atoms with Gasteiger partial charge in [0.2, 0.25) is 0 Å². The highest BCUT2D eigenvalue weighted by Crippen LogP contribution is 2.32. The molecule has 74 valence electrons. The Balaban J connectivity index is 2.72. The third-order valence-electron chi connectivity index (χ3n) is 1.49. The predicted molar refractivity (Wildman–Crippen MR) is 55.5 cm³/mol. The second kappa shape index (κ2) is 5.06. The molecule has 0 fully saturated rings. The molecule has 1 aromatic carbocycles. The van der Waals surface area contributed by atoms with Gasteiger partial charge in [0.1, 0.15) is 12.6 Å². The summed E-state index contributed by atoms with van der Waals surface area (Å²) in [7, 11) is 0. The highest BCUT2D eigenvalue weighted by molar-refractivity contribution is 6.37. The molecule has 0 aromatic heterocycles. The molecule has 0 radical (unpaired) electrons. The van der Waals surface area contributed by atoms with Gasteiger partial charge in [-0.15, -0.1) is 0 Å². The van der Waals surface area contributed by atoms with Gasteiger partial charge in [0.15, 0.2) is 5.75 Å². The normalized spacial score (nSPS) is 11.9. The number of hydrogen-bond donors (Lipinski definition) is 1. The van der Waals surface area contributed by atoms with Gasteiger partial charge in [0, 0.05) is 0 Å². The van der Waals surface area contributed by atoms with Crippen LogP contribution in [0.5, 0.6) is 5.75 Å². The van der Waals surface area contributed by atoms with Crippen molar-refractivity contribution in [1.82, 2.24) is 0 Å². The molecule has 1 atom stereocenters. The Morgan fingerprint density at radius 1 is 1.43 bits per heavy atom. The third kappa shape index (κ3) is 2.78. The van der Waals surface area contributed by atoms with E-state index in [1.807, 2.05) is 6.07 Å². The molecule has 0 bridgehead atoms. The summed E-state index contributed by atoms with van der Waals surface area (Å²) in [6.07, 6.45) is 0. The van der Waals surface area contributed by atoms with Crippen LogP contribution in [0.25, 0.3) is 0 Å².